The normalized spacial score (nSPS) is 20.3. The Morgan fingerprint density at radius 2 is 1.88 bits per heavy atom. The molecule has 1 atom stereocenters. The van der Waals surface area contributed by atoms with Gasteiger partial charge in [-0.05, 0) is 16.8 Å². The van der Waals surface area contributed by atoms with Gasteiger partial charge in [-0.3, -0.25) is 10.1 Å². The summed E-state index contributed by atoms with van der Waals surface area (Å²) in [7, 11) is 2.62. The first-order valence-electron chi connectivity index (χ1n) is 7.92. The van der Waals surface area contributed by atoms with Crippen molar-refractivity contribution in [1.29, 1.82) is 0 Å². The Balaban J connectivity index is 2.02. The molecule has 0 amide bonds. The van der Waals surface area contributed by atoms with Gasteiger partial charge < -0.3 is 14.2 Å². The van der Waals surface area contributed by atoms with Crippen molar-refractivity contribution in [2.75, 3.05) is 20.8 Å². The molecule has 1 aliphatic rings. The summed E-state index contributed by atoms with van der Waals surface area (Å²) in [5.74, 6) is -0.740. The maximum Gasteiger partial charge on any atom is 0.443 e. The minimum Gasteiger partial charge on any atom is -0.462 e. The van der Waals surface area contributed by atoms with Crippen LogP contribution in [0.4, 0.5) is 13.2 Å². The van der Waals surface area contributed by atoms with Crippen molar-refractivity contribution >= 4 is 16.6 Å². The third-order valence-corrected chi connectivity index (χ3v) is 4.40. The lowest BCUT2D eigenvalue weighted by Gasteiger charge is -2.40. The monoisotopic (exact) mass is 369 g/mol. The van der Waals surface area contributed by atoms with Crippen molar-refractivity contribution in [3.63, 3.8) is 0 Å². The van der Waals surface area contributed by atoms with Gasteiger partial charge in [-0.2, -0.15) is 13.2 Å². The molecule has 8 heteroatoms. The van der Waals surface area contributed by atoms with E-state index in [1.807, 2.05) is 0 Å². The van der Waals surface area contributed by atoms with Crippen LogP contribution in [0.15, 0.2) is 36.4 Å². The molecule has 0 aliphatic carbocycles. The molecule has 140 valence electrons. The summed E-state index contributed by atoms with van der Waals surface area (Å²) in [6.07, 6.45) is -6.61. The number of methoxy groups -OCH3 is 2. The number of hydrogen-bond acceptors (Lipinski definition) is 5. The molecular formula is C18H18F3NO4. The number of fused-ring (bicyclic) bond motifs is 3. The smallest absolute Gasteiger partial charge is 0.443 e. The van der Waals surface area contributed by atoms with Gasteiger partial charge in [0.25, 0.3) is 5.72 Å². The van der Waals surface area contributed by atoms with Crippen LogP contribution in [0.25, 0.3) is 10.8 Å². The Morgan fingerprint density at radius 3 is 2.54 bits per heavy atom. The molecule has 1 heterocycles. The largest absolute Gasteiger partial charge is 0.462 e. The fourth-order valence-electron chi connectivity index (χ4n) is 3.03. The number of hydrogen-bond donors (Lipinski definition) is 1. The van der Waals surface area contributed by atoms with Gasteiger partial charge in [-0.15, -0.1) is 0 Å². The molecule has 2 aromatic carbocycles. The Kier molecular flexibility index (Phi) is 4.92. The number of ketones is 1. The third kappa shape index (κ3) is 3.15. The summed E-state index contributed by atoms with van der Waals surface area (Å²) in [6, 6.07) is 10.0. The van der Waals surface area contributed by atoms with Crippen LogP contribution >= 0.6 is 0 Å². The van der Waals surface area contributed by atoms with Crippen LogP contribution in [0.1, 0.15) is 16.8 Å². The molecule has 0 radical (unpaired) electrons. The molecule has 2 aromatic rings. The quantitative estimate of drug-likeness (QED) is 0.820. The topological polar surface area (TPSA) is 56.8 Å². The summed E-state index contributed by atoms with van der Waals surface area (Å²) >= 11 is 0. The fraction of sp³-hybridized carbons (Fsp3) is 0.389. The van der Waals surface area contributed by atoms with Crippen LogP contribution in [-0.4, -0.2) is 44.7 Å². The molecule has 1 N–H and O–H groups in total. The zero-order valence-corrected chi connectivity index (χ0v) is 14.2. The predicted octanol–water partition coefficient (Wildman–Crippen LogP) is 3.27. The number of nitrogens with one attached hydrogen (secondary N) is 1. The lowest BCUT2D eigenvalue weighted by Crippen LogP contribution is -2.64. The van der Waals surface area contributed by atoms with Gasteiger partial charge in [-0.1, -0.05) is 30.3 Å². The van der Waals surface area contributed by atoms with E-state index in [1.165, 1.54) is 20.3 Å². The van der Waals surface area contributed by atoms with Crippen molar-refractivity contribution < 1.29 is 32.2 Å². The van der Waals surface area contributed by atoms with E-state index >= 15 is 0 Å². The van der Waals surface area contributed by atoms with Gasteiger partial charge >= 0.3 is 6.18 Å². The second kappa shape index (κ2) is 6.86. The Morgan fingerprint density at radius 1 is 1.19 bits per heavy atom. The number of carbonyl (C=O) groups is 1. The third-order valence-electron chi connectivity index (χ3n) is 4.40. The first-order valence-corrected chi connectivity index (χ1v) is 7.92. The van der Waals surface area contributed by atoms with Gasteiger partial charge in [0.05, 0.1) is 18.5 Å². The zero-order chi connectivity index (χ0) is 18.9. The van der Waals surface area contributed by atoms with Crippen molar-refractivity contribution in [2.24, 2.45) is 0 Å². The molecule has 0 bridgehead atoms. The average Bonchev–Trinajstić information content (AvgIpc) is 2.61. The van der Waals surface area contributed by atoms with Gasteiger partial charge in [0.15, 0.2) is 12.1 Å². The van der Waals surface area contributed by atoms with Crippen molar-refractivity contribution in [2.45, 2.75) is 24.6 Å². The lowest BCUT2D eigenvalue weighted by molar-refractivity contribution is -0.265. The minimum absolute atomic E-state index is 0.101. The predicted molar refractivity (Wildman–Crippen MR) is 88.1 cm³/mol. The first-order chi connectivity index (χ1) is 12.3. The number of rotatable bonds is 5. The number of carbonyl (C=O) groups excluding carboxylic acids is 1. The van der Waals surface area contributed by atoms with Crippen LogP contribution in [-0.2, 0) is 9.47 Å². The summed E-state index contributed by atoms with van der Waals surface area (Å²) < 4.78 is 56.6. The zero-order valence-electron chi connectivity index (χ0n) is 14.2. The van der Waals surface area contributed by atoms with E-state index < -0.39 is 30.4 Å². The summed E-state index contributed by atoms with van der Waals surface area (Å²) in [6.45, 7) is -0.303. The molecule has 0 unspecified atom stereocenters. The van der Waals surface area contributed by atoms with Crippen LogP contribution in [0.3, 0.4) is 0 Å². The molecule has 0 saturated heterocycles. The molecule has 5 nitrogen and oxygen atoms in total. The van der Waals surface area contributed by atoms with Gasteiger partial charge in [-0.25, -0.2) is 0 Å². The number of Topliss-reactive ketones (excluding diaryl/α,β-unsaturated/α-hetero) is 1. The van der Waals surface area contributed by atoms with E-state index in [0.717, 1.165) is 5.39 Å². The van der Waals surface area contributed by atoms with E-state index in [2.05, 4.69) is 5.32 Å². The summed E-state index contributed by atoms with van der Waals surface area (Å²) in [5.41, 5.74) is -2.67. The van der Waals surface area contributed by atoms with E-state index in [-0.39, 0.29) is 17.9 Å². The highest BCUT2D eigenvalue weighted by Crippen LogP contribution is 2.43. The minimum atomic E-state index is -4.82. The molecule has 3 rings (SSSR count). The van der Waals surface area contributed by atoms with Gasteiger partial charge in [0.2, 0.25) is 0 Å². The molecule has 0 saturated carbocycles. The first kappa shape index (κ1) is 18.6. The number of alkyl halides is 3. The van der Waals surface area contributed by atoms with Crippen LogP contribution < -0.4 is 10.1 Å². The Labute approximate surface area is 148 Å². The second-order valence-electron chi connectivity index (χ2n) is 5.97. The summed E-state index contributed by atoms with van der Waals surface area (Å²) in [4.78, 5) is 12.7. The molecule has 26 heavy (non-hydrogen) atoms. The maximum atomic E-state index is 13.8. The molecule has 1 aliphatic heterocycles. The van der Waals surface area contributed by atoms with E-state index in [9.17, 15) is 18.0 Å². The molecular weight excluding hydrogens is 351 g/mol. The maximum absolute atomic E-state index is 13.8. The Hall–Kier alpha value is -2.16. The molecule has 0 spiro atoms. The second-order valence-corrected chi connectivity index (χ2v) is 5.97. The SMILES string of the molecule is COC(CN[C@@]1(C(F)(F)F)CC(=O)c2c(ccc3ccccc23)O1)OC. The van der Waals surface area contributed by atoms with Crippen molar-refractivity contribution in [3.05, 3.63) is 42.0 Å². The van der Waals surface area contributed by atoms with E-state index in [1.54, 1.807) is 30.3 Å². The number of benzene rings is 2. The number of ether oxygens (including phenoxy) is 3. The Bertz CT molecular complexity index is 820. The molecule has 0 fully saturated rings. The number of halogens is 3. The van der Waals surface area contributed by atoms with Crippen LogP contribution in [0.2, 0.25) is 0 Å². The molecule has 0 aromatic heterocycles. The van der Waals surface area contributed by atoms with E-state index in [0.29, 0.717) is 5.39 Å². The highest BCUT2D eigenvalue weighted by atomic mass is 19.4. The fourth-order valence-corrected chi connectivity index (χ4v) is 3.03. The van der Waals surface area contributed by atoms with Gasteiger partial charge in [0.1, 0.15) is 5.75 Å². The van der Waals surface area contributed by atoms with Crippen LogP contribution in [0.5, 0.6) is 5.75 Å². The highest BCUT2D eigenvalue weighted by Gasteiger charge is 2.60. The standard InChI is InChI=1S/C18H18F3NO4/c1-24-15(25-2)10-22-17(18(19,20)21)9-13(23)16-12-6-4-3-5-11(12)7-8-14(16)26-17/h3-8,15,22H,9-10H2,1-2H3/t17-/m0/s1. The van der Waals surface area contributed by atoms with Crippen molar-refractivity contribution in [3.8, 4) is 5.75 Å². The summed E-state index contributed by atoms with van der Waals surface area (Å²) in [5, 5.41) is 3.60. The van der Waals surface area contributed by atoms with E-state index in [4.69, 9.17) is 14.2 Å². The van der Waals surface area contributed by atoms with Gasteiger partial charge in [0, 0.05) is 14.2 Å². The van der Waals surface area contributed by atoms with Crippen molar-refractivity contribution in [1.82, 2.24) is 5.32 Å². The average molecular weight is 369 g/mol. The van der Waals surface area contributed by atoms with Crippen LogP contribution in [0, 0.1) is 0 Å². The lowest BCUT2D eigenvalue weighted by atomic mass is 9.91. The highest BCUT2D eigenvalue weighted by molar-refractivity contribution is 6.11.